The van der Waals surface area contributed by atoms with Gasteiger partial charge in [0.15, 0.2) is 0 Å². The number of esters is 1. The fourth-order valence-corrected chi connectivity index (χ4v) is 1.60. The standard InChI is InChI=1S/C14H20O4/c1-11-5-4-6-13(9-11)18-10-12(7-8-16-2)14(15)17-3/h4-6,9,12H,7-8,10H2,1-3H3. The van der Waals surface area contributed by atoms with Crippen LogP contribution in [0.5, 0.6) is 5.75 Å². The van der Waals surface area contributed by atoms with Crippen molar-refractivity contribution in [2.75, 3.05) is 27.4 Å². The third kappa shape index (κ3) is 4.75. The number of rotatable bonds is 7. The van der Waals surface area contributed by atoms with E-state index in [4.69, 9.17) is 14.2 Å². The first-order valence-corrected chi connectivity index (χ1v) is 5.93. The first-order chi connectivity index (χ1) is 8.67. The van der Waals surface area contributed by atoms with E-state index in [1.165, 1.54) is 7.11 Å². The number of carbonyl (C=O) groups excluding carboxylic acids is 1. The monoisotopic (exact) mass is 252 g/mol. The minimum atomic E-state index is -0.296. The zero-order chi connectivity index (χ0) is 13.4. The van der Waals surface area contributed by atoms with Crippen LogP contribution in [0, 0.1) is 12.8 Å². The Morgan fingerprint density at radius 1 is 1.33 bits per heavy atom. The normalized spacial score (nSPS) is 11.9. The SMILES string of the molecule is COCCC(COc1cccc(C)c1)C(=O)OC. The Balaban J connectivity index is 2.53. The fraction of sp³-hybridized carbons (Fsp3) is 0.500. The molecule has 4 nitrogen and oxygen atoms in total. The highest BCUT2D eigenvalue weighted by atomic mass is 16.5. The van der Waals surface area contributed by atoms with E-state index in [9.17, 15) is 4.79 Å². The third-order valence-electron chi connectivity index (χ3n) is 2.65. The highest BCUT2D eigenvalue weighted by molar-refractivity contribution is 5.72. The summed E-state index contributed by atoms with van der Waals surface area (Å²) in [4.78, 5) is 11.5. The third-order valence-corrected chi connectivity index (χ3v) is 2.65. The van der Waals surface area contributed by atoms with Crippen LogP contribution >= 0.6 is 0 Å². The molecule has 0 N–H and O–H groups in total. The van der Waals surface area contributed by atoms with E-state index < -0.39 is 0 Å². The second kappa shape index (κ2) is 7.71. The van der Waals surface area contributed by atoms with Crippen LogP contribution in [-0.2, 0) is 14.3 Å². The van der Waals surface area contributed by atoms with Crippen molar-refractivity contribution in [3.63, 3.8) is 0 Å². The molecule has 0 amide bonds. The highest BCUT2D eigenvalue weighted by Crippen LogP contribution is 2.15. The summed E-state index contributed by atoms with van der Waals surface area (Å²) in [6.07, 6.45) is 0.592. The molecule has 1 atom stereocenters. The lowest BCUT2D eigenvalue weighted by Gasteiger charge is -2.15. The molecular weight excluding hydrogens is 232 g/mol. The molecule has 0 spiro atoms. The zero-order valence-electron chi connectivity index (χ0n) is 11.1. The van der Waals surface area contributed by atoms with Gasteiger partial charge in [-0.25, -0.2) is 0 Å². The van der Waals surface area contributed by atoms with Gasteiger partial charge in [-0.15, -0.1) is 0 Å². The van der Waals surface area contributed by atoms with Crippen molar-refractivity contribution in [2.24, 2.45) is 5.92 Å². The molecule has 1 aromatic rings. The molecule has 0 aliphatic carbocycles. The molecule has 18 heavy (non-hydrogen) atoms. The van der Waals surface area contributed by atoms with Gasteiger partial charge in [-0.3, -0.25) is 4.79 Å². The zero-order valence-corrected chi connectivity index (χ0v) is 11.1. The van der Waals surface area contributed by atoms with E-state index in [0.717, 1.165) is 11.3 Å². The Hall–Kier alpha value is -1.55. The fourth-order valence-electron chi connectivity index (χ4n) is 1.60. The molecule has 0 aliphatic heterocycles. The molecule has 1 aromatic carbocycles. The van der Waals surface area contributed by atoms with Gasteiger partial charge in [0.25, 0.3) is 0 Å². The summed E-state index contributed by atoms with van der Waals surface area (Å²) in [6.45, 7) is 2.81. The number of hydrogen-bond donors (Lipinski definition) is 0. The summed E-state index contributed by atoms with van der Waals surface area (Å²) in [5, 5.41) is 0. The summed E-state index contributed by atoms with van der Waals surface area (Å²) in [7, 11) is 2.99. The second-order valence-electron chi connectivity index (χ2n) is 4.13. The van der Waals surface area contributed by atoms with E-state index in [2.05, 4.69) is 0 Å². The van der Waals surface area contributed by atoms with Crippen LogP contribution < -0.4 is 4.74 Å². The van der Waals surface area contributed by atoms with E-state index in [-0.39, 0.29) is 11.9 Å². The number of carbonyl (C=O) groups is 1. The molecule has 0 aromatic heterocycles. The Morgan fingerprint density at radius 2 is 2.11 bits per heavy atom. The summed E-state index contributed by atoms with van der Waals surface area (Å²) in [5.74, 6) is 0.205. The summed E-state index contributed by atoms with van der Waals surface area (Å²) in [6, 6.07) is 7.73. The van der Waals surface area contributed by atoms with Crippen LogP contribution in [0.25, 0.3) is 0 Å². The Kier molecular flexibility index (Phi) is 6.22. The van der Waals surface area contributed by atoms with Crippen LogP contribution in [0.1, 0.15) is 12.0 Å². The maximum Gasteiger partial charge on any atom is 0.312 e. The van der Waals surface area contributed by atoms with Crippen molar-refractivity contribution in [1.82, 2.24) is 0 Å². The van der Waals surface area contributed by atoms with Gasteiger partial charge in [0.1, 0.15) is 12.4 Å². The van der Waals surface area contributed by atoms with Gasteiger partial charge in [-0.1, -0.05) is 12.1 Å². The average molecular weight is 252 g/mol. The summed E-state index contributed by atoms with van der Waals surface area (Å²) >= 11 is 0. The van der Waals surface area contributed by atoms with Crippen LogP contribution in [0.15, 0.2) is 24.3 Å². The summed E-state index contributed by atoms with van der Waals surface area (Å²) < 4.78 is 15.3. The number of benzene rings is 1. The minimum Gasteiger partial charge on any atom is -0.493 e. The van der Waals surface area contributed by atoms with Gasteiger partial charge in [-0.05, 0) is 31.0 Å². The molecule has 100 valence electrons. The molecule has 0 fully saturated rings. The van der Waals surface area contributed by atoms with E-state index in [1.807, 2.05) is 31.2 Å². The number of ether oxygens (including phenoxy) is 3. The molecule has 1 unspecified atom stereocenters. The van der Waals surface area contributed by atoms with Crippen LogP contribution in [0.4, 0.5) is 0 Å². The van der Waals surface area contributed by atoms with E-state index in [1.54, 1.807) is 7.11 Å². The summed E-state index contributed by atoms with van der Waals surface area (Å²) in [5.41, 5.74) is 1.12. The van der Waals surface area contributed by atoms with Gasteiger partial charge in [0.2, 0.25) is 0 Å². The molecule has 4 heteroatoms. The smallest absolute Gasteiger partial charge is 0.312 e. The largest absolute Gasteiger partial charge is 0.493 e. The van der Waals surface area contributed by atoms with Crippen molar-refractivity contribution in [3.8, 4) is 5.75 Å². The molecule has 0 saturated carbocycles. The molecule has 0 radical (unpaired) electrons. The van der Waals surface area contributed by atoms with Gasteiger partial charge in [0.05, 0.1) is 13.0 Å². The molecule has 0 bridgehead atoms. The molecule has 0 aliphatic rings. The Morgan fingerprint density at radius 3 is 2.72 bits per heavy atom. The minimum absolute atomic E-state index is 0.264. The van der Waals surface area contributed by atoms with Crippen LogP contribution in [0.3, 0.4) is 0 Å². The Labute approximate surface area is 108 Å². The maximum atomic E-state index is 11.5. The first-order valence-electron chi connectivity index (χ1n) is 5.93. The van der Waals surface area contributed by atoms with Gasteiger partial charge < -0.3 is 14.2 Å². The quantitative estimate of drug-likeness (QED) is 0.698. The van der Waals surface area contributed by atoms with Gasteiger partial charge >= 0.3 is 5.97 Å². The second-order valence-corrected chi connectivity index (χ2v) is 4.13. The highest BCUT2D eigenvalue weighted by Gasteiger charge is 2.19. The van der Waals surface area contributed by atoms with Crippen LogP contribution in [0.2, 0.25) is 0 Å². The molecular formula is C14H20O4. The topological polar surface area (TPSA) is 44.8 Å². The lowest BCUT2D eigenvalue weighted by atomic mass is 10.1. The number of methoxy groups -OCH3 is 2. The lowest BCUT2D eigenvalue weighted by Crippen LogP contribution is -2.24. The van der Waals surface area contributed by atoms with E-state index in [0.29, 0.717) is 19.6 Å². The van der Waals surface area contributed by atoms with Crippen molar-refractivity contribution < 1.29 is 19.0 Å². The van der Waals surface area contributed by atoms with Crippen molar-refractivity contribution in [2.45, 2.75) is 13.3 Å². The average Bonchev–Trinajstić information content (AvgIpc) is 2.38. The lowest BCUT2D eigenvalue weighted by molar-refractivity contribution is -0.147. The van der Waals surface area contributed by atoms with Gasteiger partial charge in [-0.2, -0.15) is 0 Å². The van der Waals surface area contributed by atoms with E-state index >= 15 is 0 Å². The van der Waals surface area contributed by atoms with Gasteiger partial charge in [0, 0.05) is 13.7 Å². The van der Waals surface area contributed by atoms with Crippen LogP contribution in [-0.4, -0.2) is 33.4 Å². The Bertz CT molecular complexity index is 376. The van der Waals surface area contributed by atoms with Crippen molar-refractivity contribution in [1.29, 1.82) is 0 Å². The molecule has 0 heterocycles. The molecule has 0 saturated heterocycles. The predicted octanol–water partition coefficient (Wildman–Crippen LogP) is 2.20. The first kappa shape index (κ1) is 14.5. The number of aryl methyl sites for hydroxylation is 1. The number of hydrogen-bond acceptors (Lipinski definition) is 4. The van der Waals surface area contributed by atoms with Crippen molar-refractivity contribution >= 4 is 5.97 Å². The maximum absolute atomic E-state index is 11.5. The predicted molar refractivity (Wildman–Crippen MR) is 68.7 cm³/mol. The molecule has 1 rings (SSSR count). The van der Waals surface area contributed by atoms with Crippen molar-refractivity contribution in [3.05, 3.63) is 29.8 Å².